The fraction of sp³-hybridized carbons (Fsp3) is 0.273. The molecule has 8 nitrogen and oxygen atoms in total. The maximum absolute atomic E-state index is 12.3. The van der Waals surface area contributed by atoms with Gasteiger partial charge in [-0.2, -0.15) is 0 Å². The average Bonchev–Trinajstić information content (AvgIpc) is 3.09. The number of nitrogens with zero attached hydrogens (tertiary/aromatic N) is 1. The molecule has 0 bridgehead atoms. The van der Waals surface area contributed by atoms with Crippen molar-refractivity contribution in [2.75, 3.05) is 28.7 Å². The van der Waals surface area contributed by atoms with E-state index in [4.69, 9.17) is 4.74 Å². The number of carbonyl (C=O) groups is 4. The summed E-state index contributed by atoms with van der Waals surface area (Å²) in [5, 5.41) is 5.24. The van der Waals surface area contributed by atoms with Crippen molar-refractivity contribution in [3.63, 3.8) is 0 Å². The predicted octanol–water partition coefficient (Wildman–Crippen LogP) is 2.49. The molecule has 1 atom stereocenters. The smallest absolute Gasteiger partial charge is 0.311 e. The number of anilines is 3. The highest BCUT2D eigenvalue weighted by Crippen LogP contribution is 2.26. The van der Waals surface area contributed by atoms with Crippen molar-refractivity contribution >= 4 is 40.8 Å². The first kappa shape index (κ1) is 21.0. The van der Waals surface area contributed by atoms with Gasteiger partial charge in [-0.3, -0.25) is 19.2 Å². The summed E-state index contributed by atoms with van der Waals surface area (Å²) >= 11 is 0. The van der Waals surface area contributed by atoms with Crippen molar-refractivity contribution in [1.29, 1.82) is 0 Å². The van der Waals surface area contributed by atoms with Gasteiger partial charge < -0.3 is 20.3 Å². The van der Waals surface area contributed by atoms with Gasteiger partial charge in [0.15, 0.2) is 6.61 Å². The molecule has 1 heterocycles. The molecule has 30 heavy (non-hydrogen) atoms. The Morgan fingerprint density at radius 1 is 1.00 bits per heavy atom. The summed E-state index contributed by atoms with van der Waals surface area (Å²) in [6.45, 7) is 3.15. The van der Waals surface area contributed by atoms with Crippen LogP contribution in [0.3, 0.4) is 0 Å². The zero-order chi connectivity index (χ0) is 21.7. The molecule has 2 N–H and O–H groups in total. The SMILES string of the molecule is CC(=O)Nc1ccc(NC(=O)COC(=O)[C@@H]2CC(=O)N(c3ccc(C)cc3)C2)cc1. The summed E-state index contributed by atoms with van der Waals surface area (Å²) in [4.78, 5) is 49.2. The first-order chi connectivity index (χ1) is 14.3. The van der Waals surface area contributed by atoms with Gasteiger partial charge in [0.05, 0.1) is 5.92 Å². The number of amides is 3. The molecule has 3 rings (SSSR count). The second-order valence-electron chi connectivity index (χ2n) is 7.16. The van der Waals surface area contributed by atoms with E-state index in [1.165, 1.54) is 6.92 Å². The Labute approximate surface area is 174 Å². The Hall–Kier alpha value is -3.68. The van der Waals surface area contributed by atoms with E-state index in [0.717, 1.165) is 11.3 Å². The summed E-state index contributed by atoms with van der Waals surface area (Å²) in [6, 6.07) is 14.0. The molecule has 3 amide bonds. The molecule has 2 aromatic rings. The predicted molar refractivity (Wildman–Crippen MR) is 112 cm³/mol. The third-order valence-electron chi connectivity index (χ3n) is 4.64. The van der Waals surface area contributed by atoms with Crippen LogP contribution in [0.5, 0.6) is 0 Å². The lowest BCUT2D eigenvalue weighted by Crippen LogP contribution is -2.28. The van der Waals surface area contributed by atoms with Gasteiger partial charge in [-0.1, -0.05) is 17.7 Å². The molecule has 0 saturated carbocycles. The maximum Gasteiger partial charge on any atom is 0.311 e. The van der Waals surface area contributed by atoms with E-state index < -0.39 is 24.4 Å². The zero-order valence-electron chi connectivity index (χ0n) is 16.8. The largest absolute Gasteiger partial charge is 0.455 e. The van der Waals surface area contributed by atoms with E-state index in [2.05, 4.69) is 10.6 Å². The van der Waals surface area contributed by atoms with Crippen LogP contribution in [-0.4, -0.2) is 36.8 Å². The summed E-state index contributed by atoms with van der Waals surface area (Å²) in [5.41, 5.74) is 2.93. The van der Waals surface area contributed by atoms with Crippen LogP contribution in [-0.2, 0) is 23.9 Å². The molecule has 0 aromatic heterocycles. The number of aryl methyl sites for hydroxylation is 1. The van der Waals surface area contributed by atoms with Crippen molar-refractivity contribution in [1.82, 2.24) is 0 Å². The highest BCUT2D eigenvalue weighted by atomic mass is 16.5. The van der Waals surface area contributed by atoms with Crippen molar-refractivity contribution in [3.05, 3.63) is 54.1 Å². The van der Waals surface area contributed by atoms with Gasteiger partial charge in [0.1, 0.15) is 0 Å². The number of carbonyl (C=O) groups excluding carboxylic acids is 4. The molecule has 0 radical (unpaired) electrons. The number of benzene rings is 2. The van der Waals surface area contributed by atoms with Crippen LogP contribution in [0.2, 0.25) is 0 Å². The molecule has 1 fully saturated rings. The van der Waals surface area contributed by atoms with E-state index in [9.17, 15) is 19.2 Å². The molecular formula is C22H23N3O5. The number of nitrogens with one attached hydrogen (secondary N) is 2. The molecule has 2 aromatic carbocycles. The first-order valence-corrected chi connectivity index (χ1v) is 9.53. The normalized spacial score (nSPS) is 15.6. The molecule has 0 aliphatic carbocycles. The Morgan fingerprint density at radius 3 is 2.20 bits per heavy atom. The molecule has 8 heteroatoms. The zero-order valence-corrected chi connectivity index (χ0v) is 16.8. The maximum atomic E-state index is 12.3. The third kappa shape index (κ3) is 5.44. The van der Waals surface area contributed by atoms with Gasteiger partial charge in [0, 0.05) is 37.0 Å². The molecule has 1 aliphatic heterocycles. The van der Waals surface area contributed by atoms with Gasteiger partial charge in [-0.05, 0) is 43.3 Å². The van der Waals surface area contributed by atoms with Crippen LogP contribution in [0.4, 0.5) is 17.1 Å². The topological polar surface area (TPSA) is 105 Å². The fourth-order valence-corrected chi connectivity index (χ4v) is 3.13. The average molecular weight is 409 g/mol. The quantitative estimate of drug-likeness (QED) is 0.714. The third-order valence-corrected chi connectivity index (χ3v) is 4.64. The lowest BCUT2D eigenvalue weighted by atomic mass is 10.1. The Bertz CT molecular complexity index is 954. The summed E-state index contributed by atoms with van der Waals surface area (Å²) < 4.78 is 5.10. The Balaban J connectivity index is 1.48. The van der Waals surface area contributed by atoms with Gasteiger partial charge in [-0.15, -0.1) is 0 Å². The fourth-order valence-electron chi connectivity index (χ4n) is 3.13. The van der Waals surface area contributed by atoms with E-state index >= 15 is 0 Å². The van der Waals surface area contributed by atoms with Crippen LogP contribution in [0, 0.1) is 12.8 Å². The van der Waals surface area contributed by atoms with Crippen molar-refractivity contribution in [2.45, 2.75) is 20.3 Å². The van der Waals surface area contributed by atoms with Crippen molar-refractivity contribution in [2.24, 2.45) is 5.92 Å². The minimum Gasteiger partial charge on any atom is -0.455 e. The highest BCUT2D eigenvalue weighted by molar-refractivity contribution is 6.00. The lowest BCUT2D eigenvalue weighted by molar-refractivity contribution is -0.151. The van der Waals surface area contributed by atoms with Gasteiger partial charge >= 0.3 is 5.97 Å². The standard InChI is InChI=1S/C22H23N3O5/c1-14-3-9-19(10-4-14)25-12-16(11-21(25)28)22(29)30-13-20(27)24-18-7-5-17(6-8-18)23-15(2)26/h3-10,16H,11-13H2,1-2H3,(H,23,26)(H,24,27)/t16-/m1/s1. The van der Waals surface area contributed by atoms with Crippen LogP contribution < -0.4 is 15.5 Å². The van der Waals surface area contributed by atoms with Crippen LogP contribution >= 0.6 is 0 Å². The van der Waals surface area contributed by atoms with Crippen LogP contribution in [0.15, 0.2) is 48.5 Å². The second-order valence-corrected chi connectivity index (χ2v) is 7.16. The van der Waals surface area contributed by atoms with E-state index in [0.29, 0.717) is 11.4 Å². The lowest BCUT2D eigenvalue weighted by Gasteiger charge is -2.16. The Morgan fingerprint density at radius 2 is 1.60 bits per heavy atom. The molecular weight excluding hydrogens is 386 g/mol. The number of hydrogen-bond acceptors (Lipinski definition) is 5. The van der Waals surface area contributed by atoms with Crippen molar-refractivity contribution in [3.8, 4) is 0 Å². The summed E-state index contributed by atoms with van der Waals surface area (Å²) in [6.07, 6.45) is 0.0545. The number of rotatable bonds is 6. The number of ether oxygens (including phenoxy) is 1. The van der Waals surface area contributed by atoms with E-state index in [1.54, 1.807) is 29.2 Å². The monoisotopic (exact) mass is 409 g/mol. The van der Waals surface area contributed by atoms with Gasteiger partial charge in [0.2, 0.25) is 11.8 Å². The minimum absolute atomic E-state index is 0.0545. The highest BCUT2D eigenvalue weighted by Gasteiger charge is 2.36. The molecule has 1 aliphatic rings. The minimum atomic E-state index is -0.608. The number of esters is 1. The molecule has 0 unspecified atom stereocenters. The summed E-state index contributed by atoms with van der Waals surface area (Å²) in [7, 11) is 0. The van der Waals surface area contributed by atoms with Crippen LogP contribution in [0.25, 0.3) is 0 Å². The van der Waals surface area contributed by atoms with Crippen molar-refractivity contribution < 1.29 is 23.9 Å². The van der Waals surface area contributed by atoms with E-state index in [1.807, 2.05) is 31.2 Å². The van der Waals surface area contributed by atoms with Gasteiger partial charge in [0.25, 0.3) is 5.91 Å². The first-order valence-electron chi connectivity index (χ1n) is 9.53. The number of hydrogen-bond donors (Lipinski definition) is 2. The van der Waals surface area contributed by atoms with Gasteiger partial charge in [-0.25, -0.2) is 0 Å². The summed E-state index contributed by atoms with van der Waals surface area (Å²) in [5.74, 6) is -2.01. The molecule has 1 saturated heterocycles. The molecule has 156 valence electrons. The van der Waals surface area contributed by atoms with E-state index in [-0.39, 0.29) is 24.8 Å². The van der Waals surface area contributed by atoms with Crippen LogP contribution in [0.1, 0.15) is 18.9 Å². The Kier molecular flexibility index (Phi) is 6.46. The molecule has 0 spiro atoms. The second kappa shape index (κ2) is 9.21.